The first-order valence-corrected chi connectivity index (χ1v) is 6.70. The number of aromatic nitrogens is 1. The molecule has 1 saturated carbocycles. The Morgan fingerprint density at radius 1 is 1.32 bits per heavy atom. The molecular formula is C14H20N2O3. The van der Waals surface area contributed by atoms with E-state index in [0.717, 1.165) is 25.7 Å². The quantitative estimate of drug-likeness (QED) is 0.759. The molecule has 1 aromatic heterocycles. The lowest BCUT2D eigenvalue weighted by Crippen LogP contribution is -2.35. The number of aliphatic hydroxyl groups excluding tert-OH is 1. The fourth-order valence-corrected chi connectivity index (χ4v) is 2.62. The predicted molar refractivity (Wildman–Crippen MR) is 72.3 cm³/mol. The Labute approximate surface area is 112 Å². The van der Waals surface area contributed by atoms with Crippen LogP contribution in [0.5, 0.6) is 0 Å². The molecule has 0 aliphatic heterocycles. The summed E-state index contributed by atoms with van der Waals surface area (Å²) < 4.78 is 0. The first kappa shape index (κ1) is 13.8. The second kappa shape index (κ2) is 6.02. The molecule has 0 aromatic carbocycles. The first-order chi connectivity index (χ1) is 9.15. The third-order valence-corrected chi connectivity index (χ3v) is 3.86. The van der Waals surface area contributed by atoms with Gasteiger partial charge in [0, 0.05) is 12.0 Å². The van der Waals surface area contributed by atoms with E-state index in [2.05, 4.69) is 10.3 Å². The van der Waals surface area contributed by atoms with Gasteiger partial charge in [-0.1, -0.05) is 25.3 Å². The van der Waals surface area contributed by atoms with Crippen molar-refractivity contribution in [3.63, 3.8) is 0 Å². The first-order valence-electron chi connectivity index (χ1n) is 6.70. The molecule has 19 heavy (non-hydrogen) atoms. The van der Waals surface area contributed by atoms with E-state index in [1.165, 1.54) is 12.5 Å². The molecule has 5 nitrogen and oxygen atoms in total. The molecule has 2 rings (SSSR count). The van der Waals surface area contributed by atoms with Gasteiger partial charge in [0.25, 0.3) is 0 Å². The lowest BCUT2D eigenvalue weighted by atomic mass is 9.74. The lowest BCUT2D eigenvalue weighted by Gasteiger charge is -2.35. The number of pyridine rings is 1. The Balaban J connectivity index is 2.00. The number of aromatic carboxylic acids is 1. The molecule has 0 spiro atoms. The van der Waals surface area contributed by atoms with Gasteiger partial charge in [-0.25, -0.2) is 9.78 Å². The highest BCUT2D eigenvalue weighted by molar-refractivity contribution is 5.85. The van der Waals surface area contributed by atoms with Crippen LogP contribution in [0.2, 0.25) is 0 Å². The number of nitrogens with zero attached hydrogens (tertiary/aromatic N) is 1. The number of hydrogen-bond donors (Lipinski definition) is 3. The van der Waals surface area contributed by atoms with Crippen LogP contribution in [0.1, 0.15) is 42.6 Å². The van der Waals surface area contributed by atoms with Crippen molar-refractivity contribution in [2.24, 2.45) is 5.41 Å². The van der Waals surface area contributed by atoms with E-state index in [1.807, 2.05) is 0 Å². The molecule has 3 N–H and O–H groups in total. The number of carboxylic acid groups (broad SMARTS) is 1. The van der Waals surface area contributed by atoms with Crippen LogP contribution in [-0.4, -0.2) is 34.3 Å². The van der Waals surface area contributed by atoms with Gasteiger partial charge < -0.3 is 15.5 Å². The topological polar surface area (TPSA) is 82.5 Å². The number of anilines is 1. The van der Waals surface area contributed by atoms with Crippen molar-refractivity contribution in [1.82, 2.24) is 4.98 Å². The highest BCUT2D eigenvalue weighted by Gasteiger charge is 2.31. The van der Waals surface area contributed by atoms with Gasteiger partial charge in [0.15, 0.2) is 5.69 Å². The summed E-state index contributed by atoms with van der Waals surface area (Å²) >= 11 is 0. The normalized spacial score (nSPS) is 17.9. The Morgan fingerprint density at radius 2 is 2.05 bits per heavy atom. The molecule has 0 unspecified atom stereocenters. The van der Waals surface area contributed by atoms with Crippen LogP contribution >= 0.6 is 0 Å². The Hall–Kier alpha value is -1.62. The van der Waals surface area contributed by atoms with E-state index in [-0.39, 0.29) is 17.7 Å². The van der Waals surface area contributed by atoms with Crippen molar-refractivity contribution in [1.29, 1.82) is 0 Å². The number of rotatable bonds is 5. The van der Waals surface area contributed by atoms with Gasteiger partial charge in [-0.15, -0.1) is 0 Å². The average molecular weight is 264 g/mol. The Bertz CT molecular complexity index is 442. The van der Waals surface area contributed by atoms with E-state index < -0.39 is 5.97 Å². The summed E-state index contributed by atoms with van der Waals surface area (Å²) in [5.41, 5.74) is -0.0502. The third-order valence-electron chi connectivity index (χ3n) is 3.86. The highest BCUT2D eigenvalue weighted by Crippen LogP contribution is 2.35. The maximum Gasteiger partial charge on any atom is 0.354 e. The van der Waals surface area contributed by atoms with Crippen LogP contribution in [-0.2, 0) is 0 Å². The van der Waals surface area contributed by atoms with Gasteiger partial charge >= 0.3 is 5.97 Å². The molecule has 5 heteroatoms. The van der Waals surface area contributed by atoms with Crippen molar-refractivity contribution in [2.75, 3.05) is 18.5 Å². The number of hydrogen-bond acceptors (Lipinski definition) is 4. The van der Waals surface area contributed by atoms with Crippen molar-refractivity contribution in [2.45, 2.75) is 32.1 Å². The molecule has 0 bridgehead atoms. The highest BCUT2D eigenvalue weighted by atomic mass is 16.4. The summed E-state index contributed by atoms with van der Waals surface area (Å²) in [6.07, 6.45) is 5.54. The van der Waals surface area contributed by atoms with Gasteiger partial charge in [0.05, 0.1) is 6.61 Å². The van der Waals surface area contributed by atoms with Crippen LogP contribution in [0, 0.1) is 5.41 Å². The van der Waals surface area contributed by atoms with Gasteiger partial charge in [0.2, 0.25) is 0 Å². The molecular weight excluding hydrogens is 244 g/mol. The number of aliphatic hydroxyl groups is 1. The zero-order chi connectivity index (χ0) is 13.7. The zero-order valence-corrected chi connectivity index (χ0v) is 10.9. The SMILES string of the molecule is O=C(O)c1cccc(NCC2(CO)CCCCC2)n1. The second-order valence-electron chi connectivity index (χ2n) is 5.29. The van der Waals surface area contributed by atoms with Crippen molar-refractivity contribution < 1.29 is 15.0 Å². The molecule has 1 aliphatic rings. The minimum absolute atomic E-state index is 0.0340. The Morgan fingerprint density at radius 3 is 2.68 bits per heavy atom. The predicted octanol–water partition coefficient (Wildman–Crippen LogP) is 2.13. The number of carbonyl (C=O) groups is 1. The van der Waals surface area contributed by atoms with Crippen LogP contribution in [0.4, 0.5) is 5.82 Å². The van der Waals surface area contributed by atoms with Crippen LogP contribution in [0.15, 0.2) is 18.2 Å². The van der Waals surface area contributed by atoms with Gasteiger partial charge in [0.1, 0.15) is 5.82 Å². The van der Waals surface area contributed by atoms with E-state index in [4.69, 9.17) is 5.11 Å². The molecule has 0 radical (unpaired) electrons. The smallest absolute Gasteiger partial charge is 0.354 e. The summed E-state index contributed by atoms with van der Waals surface area (Å²) in [5, 5.41) is 21.7. The lowest BCUT2D eigenvalue weighted by molar-refractivity contribution is 0.0690. The zero-order valence-electron chi connectivity index (χ0n) is 10.9. The molecule has 1 heterocycles. The third kappa shape index (κ3) is 3.44. The number of carboxylic acids is 1. The van der Waals surface area contributed by atoms with E-state index in [1.54, 1.807) is 12.1 Å². The molecule has 104 valence electrons. The standard InChI is InChI=1S/C14H20N2O3/c17-10-14(7-2-1-3-8-14)9-15-12-6-4-5-11(16-12)13(18)19/h4-6,17H,1-3,7-10H2,(H,15,16)(H,18,19). The monoisotopic (exact) mass is 264 g/mol. The largest absolute Gasteiger partial charge is 0.477 e. The van der Waals surface area contributed by atoms with E-state index in [0.29, 0.717) is 12.4 Å². The molecule has 1 aromatic rings. The van der Waals surface area contributed by atoms with Crippen molar-refractivity contribution in [3.8, 4) is 0 Å². The molecule has 0 atom stereocenters. The molecule has 1 aliphatic carbocycles. The minimum Gasteiger partial charge on any atom is -0.477 e. The maximum atomic E-state index is 10.8. The van der Waals surface area contributed by atoms with E-state index >= 15 is 0 Å². The van der Waals surface area contributed by atoms with Gasteiger partial charge in [-0.05, 0) is 25.0 Å². The van der Waals surface area contributed by atoms with Crippen molar-refractivity contribution in [3.05, 3.63) is 23.9 Å². The van der Waals surface area contributed by atoms with Gasteiger partial charge in [-0.2, -0.15) is 0 Å². The molecule has 1 fully saturated rings. The van der Waals surface area contributed by atoms with Crippen LogP contribution in [0.25, 0.3) is 0 Å². The maximum absolute atomic E-state index is 10.8. The summed E-state index contributed by atoms with van der Waals surface area (Å²) in [5.74, 6) is -0.475. The summed E-state index contributed by atoms with van der Waals surface area (Å²) in [4.78, 5) is 14.9. The number of nitrogens with one attached hydrogen (secondary N) is 1. The fraction of sp³-hybridized carbons (Fsp3) is 0.571. The average Bonchev–Trinajstić information content (AvgIpc) is 2.46. The molecule has 0 amide bonds. The second-order valence-corrected chi connectivity index (χ2v) is 5.29. The Kier molecular flexibility index (Phi) is 4.37. The summed E-state index contributed by atoms with van der Waals surface area (Å²) in [6.45, 7) is 0.804. The van der Waals surface area contributed by atoms with E-state index in [9.17, 15) is 9.90 Å². The summed E-state index contributed by atoms with van der Waals surface area (Å²) in [7, 11) is 0. The van der Waals surface area contributed by atoms with Crippen LogP contribution < -0.4 is 5.32 Å². The van der Waals surface area contributed by atoms with Crippen LogP contribution in [0.3, 0.4) is 0 Å². The van der Waals surface area contributed by atoms with Gasteiger partial charge in [-0.3, -0.25) is 0 Å². The molecule has 0 saturated heterocycles. The van der Waals surface area contributed by atoms with Crippen molar-refractivity contribution >= 4 is 11.8 Å². The summed E-state index contributed by atoms with van der Waals surface area (Å²) in [6, 6.07) is 4.89. The minimum atomic E-state index is -1.03. The fourth-order valence-electron chi connectivity index (χ4n) is 2.62.